The normalized spacial score (nSPS) is 12.3. The summed E-state index contributed by atoms with van der Waals surface area (Å²) >= 11 is 0. The number of pyridine rings is 1. The molecule has 2 heterocycles. The van der Waals surface area contributed by atoms with Gasteiger partial charge in [0.05, 0.1) is 17.7 Å². The van der Waals surface area contributed by atoms with Gasteiger partial charge in [-0.3, -0.25) is 0 Å². The number of methoxy groups -OCH3 is 1. The lowest BCUT2D eigenvalue weighted by atomic mass is 10.1. The second-order valence-electron chi connectivity index (χ2n) is 7.29. The molecule has 144 valence electrons. The molecule has 8 nitrogen and oxygen atoms in total. The molecule has 0 aliphatic heterocycles. The molecular weight excluding hydrogens is 366 g/mol. The molecule has 27 heavy (non-hydrogen) atoms. The summed E-state index contributed by atoms with van der Waals surface area (Å²) in [7, 11) is -2.18. The van der Waals surface area contributed by atoms with Crippen molar-refractivity contribution < 1.29 is 13.2 Å². The Bertz CT molecular complexity index is 1080. The van der Waals surface area contributed by atoms with Gasteiger partial charge in [-0.2, -0.15) is 4.98 Å². The number of sulfonamides is 1. The Hall–Kier alpha value is -2.65. The topological polar surface area (TPSA) is 97.6 Å². The molecule has 1 aromatic carbocycles. The van der Waals surface area contributed by atoms with Gasteiger partial charge in [0.1, 0.15) is 5.75 Å². The van der Waals surface area contributed by atoms with Crippen LogP contribution in [0.15, 0.2) is 41.4 Å². The fourth-order valence-electron chi connectivity index (χ4n) is 2.56. The number of ether oxygens (including phenoxy) is 1. The maximum Gasteiger partial charge on any atom is 0.247 e. The molecule has 0 aliphatic rings. The summed E-state index contributed by atoms with van der Waals surface area (Å²) in [4.78, 5) is 4.52. The number of nitrogens with one attached hydrogen (secondary N) is 2. The van der Waals surface area contributed by atoms with Crippen LogP contribution in [0.4, 0.5) is 11.6 Å². The first-order valence-corrected chi connectivity index (χ1v) is 9.88. The lowest BCUT2D eigenvalue weighted by Crippen LogP contribution is -2.40. The van der Waals surface area contributed by atoms with Crippen molar-refractivity contribution in [3.05, 3.63) is 42.1 Å². The first-order valence-electron chi connectivity index (χ1n) is 8.39. The van der Waals surface area contributed by atoms with Crippen molar-refractivity contribution in [3.8, 4) is 5.75 Å². The van der Waals surface area contributed by atoms with Crippen molar-refractivity contribution in [2.75, 3.05) is 12.4 Å². The number of anilines is 2. The maximum absolute atomic E-state index is 12.5. The molecule has 3 rings (SSSR count). The minimum absolute atomic E-state index is 0.124. The zero-order chi connectivity index (χ0) is 19.8. The fourth-order valence-corrected chi connectivity index (χ4v) is 4.00. The number of hydrogen-bond donors (Lipinski definition) is 2. The molecule has 3 aromatic rings. The van der Waals surface area contributed by atoms with Crippen LogP contribution < -0.4 is 14.8 Å². The van der Waals surface area contributed by atoms with Gasteiger partial charge in [-0.25, -0.2) is 17.7 Å². The lowest BCUT2D eigenvalue weighted by Gasteiger charge is -2.21. The van der Waals surface area contributed by atoms with Crippen LogP contribution in [0.1, 0.15) is 26.3 Å². The van der Waals surface area contributed by atoms with E-state index in [1.165, 1.54) is 19.2 Å². The number of rotatable bonds is 5. The van der Waals surface area contributed by atoms with E-state index < -0.39 is 15.6 Å². The number of fused-ring (bicyclic) bond motifs is 1. The zero-order valence-corrected chi connectivity index (χ0v) is 16.8. The quantitative estimate of drug-likeness (QED) is 0.696. The second kappa shape index (κ2) is 6.82. The highest BCUT2D eigenvalue weighted by atomic mass is 32.2. The average molecular weight is 389 g/mol. The summed E-state index contributed by atoms with van der Waals surface area (Å²) in [6.07, 6.45) is 1.87. The van der Waals surface area contributed by atoms with E-state index in [-0.39, 0.29) is 4.90 Å². The van der Waals surface area contributed by atoms with Crippen molar-refractivity contribution in [3.63, 3.8) is 0 Å². The molecule has 0 aliphatic carbocycles. The van der Waals surface area contributed by atoms with Gasteiger partial charge >= 0.3 is 0 Å². The summed E-state index contributed by atoms with van der Waals surface area (Å²) in [6, 6.07) is 8.44. The van der Waals surface area contributed by atoms with Crippen molar-refractivity contribution in [1.29, 1.82) is 0 Å². The van der Waals surface area contributed by atoms with Crippen LogP contribution in [0.2, 0.25) is 0 Å². The average Bonchev–Trinajstić information content (AvgIpc) is 2.94. The zero-order valence-electron chi connectivity index (χ0n) is 15.9. The molecule has 0 saturated heterocycles. The van der Waals surface area contributed by atoms with Gasteiger partial charge in [-0.15, -0.1) is 5.10 Å². The second-order valence-corrected chi connectivity index (χ2v) is 8.97. The van der Waals surface area contributed by atoms with E-state index in [4.69, 9.17) is 4.74 Å². The maximum atomic E-state index is 12.5. The summed E-state index contributed by atoms with van der Waals surface area (Å²) in [5.74, 6) is 0.768. The van der Waals surface area contributed by atoms with Gasteiger partial charge in [-0.1, -0.05) is 6.07 Å². The standard InChI is InChI=1S/C18H23N5O3S/c1-12-6-9-16-20-17(21-23(16)11-12)19-14-8-7-13(10-15(14)26-5)27(24,25)22-18(2,3)4/h6-11,22H,1-5H3,(H,19,21). The van der Waals surface area contributed by atoms with E-state index in [9.17, 15) is 8.42 Å². The summed E-state index contributed by atoms with van der Waals surface area (Å²) in [5, 5.41) is 7.45. The third-order valence-electron chi connectivity index (χ3n) is 3.65. The predicted molar refractivity (Wildman–Crippen MR) is 104 cm³/mol. The van der Waals surface area contributed by atoms with Gasteiger partial charge in [0.2, 0.25) is 16.0 Å². The SMILES string of the molecule is COc1cc(S(=O)(=O)NC(C)(C)C)ccc1Nc1nc2ccc(C)cn2n1. The number of aryl methyl sites for hydroxylation is 1. The van der Waals surface area contributed by atoms with Crippen molar-refractivity contribution in [1.82, 2.24) is 19.3 Å². The first kappa shape index (κ1) is 19.1. The summed E-state index contributed by atoms with van der Waals surface area (Å²) in [6.45, 7) is 7.33. The number of nitrogens with zero attached hydrogens (tertiary/aromatic N) is 3. The molecule has 0 radical (unpaired) electrons. The van der Waals surface area contributed by atoms with Crippen molar-refractivity contribution >= 4 is 27.3 Å². The molecule has 2 aromatic heterocycles. The molecular formula is C18H23N5O3S. The van der Waals surface area contributed by atoms with Crippen LogP contribution in [-0.2, 0) is 10.0 Å². The highest BCUT2D eigenvalue weighted by Crippen LogP contribution is 2.30. The van der Waals surface area contributed by atoms with E-state index in [0.717, 1.165) is 5.56 Å². The molecule has 0 atom stereocenters. The van der Waals surface area contributed by atoms with E-state index in [1.54, 1.807) is 31.4 Å². The van der Waals surface area contributed by atoms with Gasteiger partial charge in [0, 0.05) is 17.8 Å². The minimum atomic E-state index is -3.66. The smallest absolute Gasteiger partial charge is 0.247 e. The molecule has 0 saturated carbocycles. The molecule has 0 fully saturated rings. The third kappa shape index (κ3) is 4.37. The van der Waals surface area contributed by atoms with Gasteiger partial charge in [0.25, 0.3) is 0 Å². The van der Waals surface area contributed by atoms with Gasteiger partial charge < -0.3 is 10.1 Å². The third-order valence-corrected chi connectivity index (χ3v) is 5.40. The first-order chi connectivity index (χ1) is 12.6. The molecule has 2 N–H and O–H groups in total. The Morgan fingerprint density at radius 1 is 1.15 bits per heavy atom. The molecule has 0 spiro atoms. The van der Waals surface area contributed by atoms with Crippen LogP contribution in [0.5, 0.6) is 5.75 Å². The van der Waals surface area contributed by atoms with Crippen molar-refractivity contribution in [2.45, 2.75) is 38.1 Å². The Balaban J connectivity index is 1.92. The van der Waals surface area contributed by atoms with Crippen LogP contribution in [-0.4, -0.2) is 35.7 Å². The summed E-state index contributed by atoms with van der Waals surface area (Å²) in [5.41, 5.74) is 1.76. The minimum Gasteiger partial charge on any atom is -0.495 e. The van der Waals surface area contributed by atoms with Crippen molar-refractivity contribution in [2.24, 2.45) is 0 Å². The Labute approximate surface area is 158 Å². The summed E-state index contributed by atoms with van der Waals surface area (Å²) < 4.78 is 34.7. The molecule has 9 heteroatoms. The number of aromatic nitrogens is 3. The molecule has 0 unspecified atom stereocenters. The lowest BCUT2D eigenvalue weighted by molar-refractivity contribution is 0.415. The highest BCUT2D eigenvalue weighted by molar-refractivity contribution is 7.89. The predicted octanol–water partition coefficient (Wildman–Crippen LogP) is 2.87. The van der Waals surface area contributed by atoms with Crippen LogP contribution in [0.3, 0.4) is 0 Å². The van der Waals surface area contributed by atoms with Gasteiger partial charge in [-0.05, 0) is 51.5 Å². The fraction of sp³-hybridized carbons (Fsp3) is 0.333. The Morgan fingerprint density at radius 3 is 2.56 bits per heavy atom. The van der Waals surface area contributed by atoms with E-state index in [0.29, 0.717) is 23.0 Å². The Kier molecular flexibility index (Phi) is 4.83. The molecule has 0 bridgehead atoms. The van der Waals surface area contributed by atoms with E-state index >= 15 is 0 Å². The largest absolute Gasteiger partial charge is 0.495 e. The number of benzene rings is 1. The Morgan fingerprint density at radius 2 is 1.89 bits per heavy atom. The highest BCUT2D eigenvalue weighted by Gasteiger charge is 2.23. The van der Waals surface area contributed by atoms with Crippen LogP contribution in [0.25, 0.3) is 5.65 Å². The van der Waals surface area contributed by atoms with Crippen LogP contribution >= 0.6 is 0 Å². The van der Waals surface area contributed by atoms with Gasteiger partial charge in [0.15, 0.2) is 5.65 Å². The van der Waals surface area contributed by atoms with E-state index in [1.807, 2.05) is 25.3 Å². The number of hydrogen-bond acceptors (Lipinski definition) is 6. The van der Waals surface area contributed by atoms with Crippen LogP contribution in [0, 0.1) is 6.92 Å². The monoisotopic (exact) mass is 389 g/mol. The van der Waals surface area contributed by atoms with E-state index in [2.05, 4.69) is 20.1 Å². The molecule has 0 amide bonds.